The molecule has 96 valence electrons. The molecule has 0 radical (unpaired) electrons. The Morgan fingerprint density at radius 2 is 2.17 bits per heavy atom. The van der Waals surface area contributed by atoms with Crippen molar-refractivity contribution in [1.29, 1.82) is 0 Å². The number of hydrogen-bond donors (Lipinski definition) is 1. The van der Waals surface area contributed by atoms with Crippen LogP contribution in [0.2, 0.25) is 0 Å². The van der Waals surface area contributed by atoms with Gasteiger partial charge in [0.1, 0.15) is 23.7 Å². The van der Waals surface area contributed by atoms with E-state index in [4.69, 9.17) is 4.42 Å². The molecule has 0 fully saturated rings. The second-order valence-corrected chi connectivity index (χ2v) is 4.46. The lowest BCUT2D eigenvalue weighted by Gasteiger charge is -2.12. The van der Waals surface area contributed by atoms with E-state index in [0.29, 0.717) is 0 Å². The molecule has 4 heteroatoms. The van der Waals surface area contributed by atoms with Crippen LogP contribution in [0.5, 0.6) is 0 Å². The topological polar surface area (TPSA) is 51.0 Å². The van der Waals surface area contributed by atoms with Crippen molar-refractivity contribution in [2.24, 2.45) is 0 Å². The largest absolute Gasteiger partial charge is 0.464 e. The first kappa shape index (κ1) is 12.6. The van der Waals surface area contributed by atoms with Crippen LogP contribution in [0, 0.1) is 6.92 Å². The fraction of sp³-hybridized carbons (Fsp3) is 0.429. The van der Waals surface area contributed by atoms with E-state index in [9.17, 15) is 0 Å². The molecule has 0 aliphatic rings. The van der Waals surface area contributed by atoms with Crippen molar-refractivity contribution in [2.45, 2.75) is 39.7 Å². The molecule has 0 aromatic carbocycles. The Labute approximate surface area is 107 Å². The van der Waals surface area contributed by atoms with Crippen LogP contribution in [0.15, 0.2) is 28.9 Å². The summed E-state index contributed by atoms with van der Waals surface area (Å²) in [5.41, 5.74) is 1.07. The fourth-order valence-corrected chi connectivity index (χ4v) is 1.85. The molecule has 2 aromatic rings. The number of hydrogen-bond acceptors (Lipinski definition) is 4. The number of nitrogens with zero attached hydrogens (tertiary/aromatic N) is 2. The average molecular weight is 245 g/mol. The highest BCUT2D eigenvalue weighted by Gasteiger charge is 2.10. The molecule has 2 rings (SSSR count). The first-order valence-corrected chi connectivity index (χ1v) is 6.33. The van der Waals surface area contributed by atoms with Crippen molar-refractivity contribution in [1.82, 2.24) is 9.97 Å². The molecule has 0 aliphatic carbocycles. The summed E-state index contributed by atoms with van der Waals surface area (Å²) in [5.74, 6) is 2.69. The van der Waals surface area contributed by atoms with Gasteiger partial charge in [0.25, 0.3) is 0 Å². The number of rotatable bonds is 5. The van der Waals surface area contributed by atoms with Crippen molar-refractivity contribution >= 4 is 5.82 Å². The third kappa shape index (κ3) is 3.09. The number of anilines is 1. The molecule has 1 unspecified atom stereocenters. The monoisotopic (exact) mass is 245 g/mol. The van der Waals surface area contributed by atoms with Crippen LogP contribution < -0.4 is 5.32 Å². The lowest BCUT2D eigenvalue weighted by Crippen LogP contribution is -2.07. The Morgan fingerprint density at radius 3 is 2.83 bits per heavy atom. The number of furan rings is 1. The molecule has 2 aromatic heterocycles. The van der Waals surface area contributed by atoms with E-state index < -0.39 is 0 Å². The van der Waals surface area contributed by atoms with Crippen LogP contribution in [-0.2, 0) is 6.42 Å². The molecule has 0 saturated carbocycles. The maximum Gasteiger partial charge on any atom is 0.130 e. The minimum atomic E-state index is 0.100. The van der Waals surface area contributed by atoms with Crippen LogP contribution in [-0.4, -0.2) is 9.97 Å². The van der Waals surface area contributed by atoms with Crippen molar-refractivity contribution < 1.29 is 4.42 Å². The smallest absolute Gasteiger partial charge is 0.130 e. The van der Waals surface area contributed by atoms with Gasteiger partial charge in [-0.1, -0.05) is 13.3 Å². The quantitative estimate of drug-likeness (QED) is 0.875. The summed E-state index contributed by atoms with van der Waals surface area (Å²) in [7, 11) is 0. The van der Waals surface area contributed by atoms with Gasteiger partial charge in [-0.3, -0.25) is 0 Å². The van der Waals surface area contributed by atoms with Crippen molar-refractivity contribution in [2.75, 3.05) is 5.32 Å². The van der Waals surface area contributed by atoms with Crippen LogP contribution >= 0.6 is 0 Å². The Hall–Kier alpha value is -1.84. The summed E-state index contributed by atoms with van der Waals surface area (Å²) < 4.78 is 5.59. The van der Waals surface area contributed by atoms with Gasteiger partial charge in [0, 0.05) is 11.8 Å². The third-order valence-corrected chi connectivity index (χ3v) is 2.78. The van der Waals surface area contributed by atoms with Crippen molar-refractivity contribution in [3.05, 3.63) is 41.7 Å². The van der Waals surface area contributed by atoms with Gasteiger partial charge in [0.2, 0.25) is 0 Å². The van der Waals surface area contributed by atoms with Crippen LogP contribution in [0.1, 0.15) is 43.5 Å². The molecule has 0 aliphatic heterocycles. The number of aromatic nitrogens is 2. The predicted molar refractivity (Wildman–Crippen MR) is 71.5 cm³/mol. The molecule has 0 saturated heterocycles. The predicted octanol–water partition coefficient (Wildman–Crippen LogP) is 3.50. The van der Waals surface area contributed by atoms with E-state index >= 15 is 0 Å². The summed E-state index contributed by atoms with van der Waals surface area (Å²) in [5, 5.41) is 3.33. The normalized spacial score (nSPS) is 12.4. The Kier molecular flexibility index (Phi) is 3.97. The van der Waals surface area contributed by atoms with E-state index in [1.165, 1.54) is 0 Å². The lowest BCUT2D eigenvalue weighted by atomic mass is 10.2. The van der Waals surface area contributed by atoms with E-state index in [-0.39, 0.29) is 6.04 Å². The van der Waals surface area contributed by atoms with Gasteiger partial charge in [-0.15, -0.1) is 0 Å². The maximum absolute atomic E-state index is 5.59. The first-order valence-electron chi connectivity index (χ1n) is 6.33. The van der Waals surface area contributed by atoms with Crippen LogP contribution in [0.3, 0.4) is 0 Å². The van der Waals surface area contributed by atoms with E-state index in [0.717, 1.165) is 35.9 Å². The van der Waals surface area contributed by atoms with Gasteiger partial charge in [0.05, 0.1) is 6.04 Å². The molecule has 18 heavy (non-hydrogen) atoms. The second-order valence-electron chi connectivity index (χ2n) is 4.46. The molecule has 0 spiro atoms. The van der Waals surface area contributed by atoms with Crippen LogP contribution in [0.25, 0.3) is 0 Å². The number of nitrogens with one attached hydrogen (secondary N) is 1. The summed E-state index contributed by atoms with van der Waals surface area (Å²) in [4.78, 5) is 8.47. The molecule has 2 heterocycles. The summed E-state index contributed by atoms with van der Waals surface area (Å²) in [6.07, 6.45) is 3.67. The van der Waals surface area contributed by atoms with Gasteiger partial charge in [-0.05, 0) is 32.4 Å². The highest BCUT2D eigenvalue weighted by molar-refractivity contribution is 5.37. The lowest BCUT2D eigenvalue weighted by molar-refractivity contribution is 0.466. The van der Waals surface area contributed by atoms with E-state index in [2.05, 4.69) is 29.1 Å². The maximum atomic E-state index is 5.59. The molecule has 0 amide bonds. The standard InChI is InChI=1S/C14H19N3O/c1-4-5-12-8-14(16-9-15-12)17-11(3)13-7-6-10(2)18-13/h6-9,11H,4-5H2,1-3H3,(H,15,16,17). The third-order valence-electron chi connectivity index (χ3n) is 2.78. The molecular formula is C14H19N3O. The Bertz CT molecular complexity index is 507. The Morgan fingerprint density at radius 1 is 1.33 bits per heavy atom. The van der Waals surface area contributed by atoms with Gasteiger partial charge in [-0.2, -0.15) is 0 Å². The minimum absolute atomic E-state index is 0.100. The van der Waals surface area contributed by atoms with Crippen LogP contribution in [0.4, 0.5) is 5.82 Å². The summed E-state index contributed by atoms with van der Waals surface area (Å²) in [6, 6.07) is 6.05. The zero-order valence-corrected chi connectivity index (χ0v) is 11.1. The Balaban J connectivity index is 2.06. The van der Waals surface area contributed by atoms with Gasteiger partial charge >= 0.3 is 0 Å². The summed E-state index contributed by atoms with van der Waals surface area (Å²) >= 11 is 0. The second kappa shape index (κ2) is 5.67. The van der Waals surface area contributed by atoms with Crippen molar-refractivity contribution in [3.8, 4) is 0 Å². The van der Waals surface area contributed by atoms with Crippen molar-refractivity contribution in [3.63, 3.8) is 0 Å². The first-order chi connectivity index (χ1) is 8.69. The highest BCUT2D eigenvalue weighted by Crippen LogP contribution is 2.20. The van der Waals surface area contributed by atoms with E-state index in [1.807, 2.05) is 25.1 Å². The fourth-order valence-electron chi connectivity index (χ4n) is 1.85. The SMILES string of the molecule is CCCc1cc(NC(C)c2ccc(C)o2)ncn1. The highest BCUT2D eigenvalue weighted by atomic mass is 16.3. The molecule has 4 nitrogen and oxygen atoms in total. The van der Waals surface area contributed by atoms with Gasteiger partial charge < -0.3 is 9.73 Å². The van der Waals surface area contributed by atoms with Gasteiger partial charge in [0.15, 0.2) is 0 Å². The minimum Gasteiger partial charge on any atom is -0.464 e. The summed E-state index contributed by atoms with van der Waals surface area (Å²) in [6.45, 7) is 6.14. The van der Waals surface area contributed by atoms with Gasteiger partial charge in [-0.25, -0.2) is 9.97 Å². The molecule has 1 N–H and O–H groups in total. The molecular weight excluding hydrogens is 226 g/mol. The zero-order chi connectivity index (χ0) is 13.0. The molecule has 0 bridgehead atoms. The molecule has 1 atom stereocenters. The van der Waals surface area contributed by atoms with E-state index in [1.54, 1.807) is 6.33 Å². The average Bonchev–Trinajstić information content (AvgIpc) is 2.77. The zero-order valence-electron chi connectivity index (χ0n) is 11.1. The number of aryl methyl sites for hydroxylation is 2.